The molecule has 0 aliphatic heterocycles. The third-order valence-corrected chi connectivity index (χ3v) is 14.8. The van der Waals surface area contributed by atoms with Gasteiger partial charge >= 0.3 is 5.97 Å². The Hall–Kier alpha value is -2.18. The fraction of sp³-hybridized carbons (Fsp3) is 0.851. The molecule has 73 heavy (non-hydrogen) atoms. The molecule has 0 aromatic carbocycles. The van der Waals surface area contributed by atoms with Crippen LogP contribution in [0, 0.1) is 0 Å². The number of esters is 1. The summed E-state index contributed by atoms with van der Waals surface area (Å²) in [4.78, 5) is 24.5. The molecule has 0 radical (unpaired) electrons. The van der Waals surface area contributed by atoms with Crippen molar-refractivity contribution >= 4 is 11.9 Å². The van der Waals surface area contributed by atoms with Crippen LogP contribution in [0.2, 0.25) is 0 Å². The highest BCUT2D eigenvalue weighted by atomic mass is 16.5. The summed E-state index contributed by atoms with van der Waals surface area (Å²) in [5, 5.41) is 23.1. The lowest BCUT2D eigenvalue weighted by molar-refractivity contribution is -0.143. The molecule has 0 saturated heterocycles. The molecule has 0 spiro atoms. The highest BCUT2D eigenvalue weighted by Crippen LogP contribution is 2.17. The van der Waals surface area contributed by atoms with Crippen molar-refractivity contribution in [2.24, 2.45) is 0 Å². The molecule has 0 aromatic rings. The van der Waals surface area contributed by atoms with Crippen molar-refractivity contribution in [1.82, 2.24) is 5.32 Å². The summed E-state index contributed by atoms with van der Waals surface area (Å²) in [5.74, 6) is -0.0625. The summed E-state index contributed by atoms with van der Waals surface area (Å²) in [6, 6.07) is -0.630. The van der Waals surface area contributed by atoms with E-state index in [0.29, 0.717) is 19.4 Å². The summed E-state index contributed by atoms with van der Waals surface area (Å²) >= 11 is 0. The smallest absolute Gasteiger partial charge is 0.305 e. The van der Waals surface area contributed by atoms with Crippen LogP contribution in [0.25, 0.3) is 0 Å². The Balaban J connectivity index is 3.39. The van der Waals surface area contributed by atoms with Crippen LogP contribution in [0.15, 0.2) is 48.6 Å². The number of carbonyl (C=O) groups is 2. The maximum atomic E-state index is 12.4. The second kappa shape index (κ2) is 62.4. The molecule has 0 rings (SSSR count). The predicted octanol–water partition coefficient (Wildman–Crippen LogP) is 20.5. The lowest BCUT2D eigenvalue weighted by atomic mass is 10.0. The maximum Gasteiger partial charge on any atom is 0.305 e. The zero-order chi connectivity index (χ0) is 52.9. The molecule has 1 amide bonds. The average Bonchev–Trinajstić information content (AvgIpc) is 3.39. The Kier molecular flexibility index (Phi) is 60.5. The van der Waals surface area contributed by atoms with Gasteiger partial charge in [0.15, 0.2) is 0 Å². The van der Waals surface area contributed by atoms with Gasteiger partial charge in [0.2, 0.25) is 5.91 Å². The number of hydrogen-bond acceptors (Lipinski definition) is 5. The Morgan fingerprint density at radius 2 is 0.685 bits per heavy atom. The van der Waals surface area contributed by atoms with E-state index in [-0.39, 0.29) is 18.5 Å². The van der Waals surface area contributed by atoms with Crippen molar-refractivity contribution in [2.75, 3.05) is 13.2 Å². The number of aliphatic hydroxyl groups is 2. The Morgan fingerprint density at radius 1 is 0.384 bits per heavy atom. The normalized spacial score (nSPS) is 12.9. The van der Waals surface area contributed by atoms with Gasteiger partial charge in [0, 0.05) is 12.8 Å². The predicted molar refractivity (Wildman–Crippen MR) is 319 cm³/mol. The van der Waals surface area contributed by atoms with Crippen molar-refractivity contribution in [3.05, 3.63) is 48.6 Å². The van der Waals surface area contributed by atoms with Gasteiger partial charge in [0.25, 0.3) is 0 Å². The average molecular weight is 1020 g/mol. The first kappa shape index (κ1) is 70.8. The van der Waals surface area contributed by atoms with Gasteiger partial charge in [-0.05, 0) is 89.9 Å². The minimum Gasteiger partial charge on any atom is -0.466 e. The van der Waals surface area contributed by atoms with Crippen LogP contribution in [0.3, 0.4) is 0 Å². The molecule has 3 N–H and O–H groups in total. The van der Waals surface area contributed by atoms with E-state index < -0.39 is 12.1 Å². The van der Waals surface area contributed by atoms with Crippen LogP contribution in [-0.2, 0) is 14.3 Å². The minimum atomic E-state index is -0.846. The summed E-state index contributed by atoms with van der Waals surface area (Å²) in [6.45, 7) is 4.88. The van der Waals surface area contributed by atoms with Crippen LogP contribution in [0.5, 0.6) is 0 Å². The SMILES string of the molecule is CCCCC/C=C\C/C=C\CCCCCCCCCCCC(=O)OCCCCCCCCCCCCCC/C=C\CCCCCCCCCCCC(=O)NC(CO)C(O)/C=C/CCCCCCCCCCCC. The number of amides is 1. The van der Waals surface area contributed by atoms with Gasteiger partial charge in [0.05, 0.1) is 25.4 Å². The van der Waals surface area contributed by atoms with Gasteiger partial charge in [-0.25, -0.2) is 0 Å². The largest absolute Gasteiger partial charge is 0.466 e. The van der Waals surface area contributed by atoms with Crippen LogP contribution in [0.4, 0.5) is 0 Å². The zero-order valence-corrected chi connectivity index (χ0v) is 48.9. The fourth-order valence-electron chi connectivity index (χ4n) is 9.84. The van der Waals surface area contributed by atoms with Crippen LogP contribution < -0.4 is 5.32 Å². The third-order valence-electron chi connectivity index (χ3n) is 14.8. The summed E-state index contributed by atoms with van der Waals surface area (Å²) in [7, 11) is 0. The van der Waals surface area contributed by atoms with E-state index in [2.05, 4.69) is 55.6 Å². The molecule has 0 bridgehead atoms. The molecule has 6 nitrogen and oxygen atoms in total. The van der Waals surface area contributed by atoms with E-state index in [1.54, 1.807) is 6.08 Å². The topological polar surface area (TPSA) is 95.9 Å². The molecule has 0 aliphatic rings. The van der Waals surface area contributed by atoms with Crippen molar-refractivity contribution in [3.63, 3.8) is 0 Å². The van der Waals surface area contributed by atoms with E-state index in [1.807, 2.05) is 6.08 Å². The molecule has 0 aromatic heterocycles. The zero-order valence-electron chi connectivity index (χ0n) is 48.9. The van der Waals surface area contributed by atoms with Crippen LogP contribution >= 0.6 is 0 Å². The first-order chi connectivity index (χ1) is 36.0. The standard InChI is InChI=1S/C67H125NO5/c1-3-5-7-9-11-13-15-17-18-19-27-31-34-37-41-45-49-53-57-61-67(72)73-62-58-54-50-46-42-38-35-32-29-26-24-22-20-21-23-25-28-30-33-36-40-44-48-52-56-60-66(71)68-64(63-69)65(70)59-55-51-47-43-39-16-14-12-10-8-6-4-2/h11,13,17-18,21,23,55,59,64-65,69-70H,3-10,12,14-16,19-20,22,24-54,56-58,60-63H2,1-2H3,(H,68,71)/b13-11-,18-17-,23-21-,59-55+. The number of allylic oxidation sites excluding steroid dienone is 7. The van der Waals surface area contributed by atoms with Gasteiger partial charge in [-0.3, -0.25) is 9.59 Å². The first-order valence-electron chi connectivity index (χ1n) is 32.4. The molecular formula is C67H125NO5. The minimum absolute atomic E-state index is 0.00903. The highest BCUT2D eigenvalue weighted by Gasteiger charge is 2.18. The number of nitrogens with one attached hydrogen (secondary N) is 1. The van der Waals surface area contributed by atoms with Crippen molar-refractivity contribution in [1.29, 1.82) is 0 Å². The van der Waals surface area contributed by atoms with Gasteiger partial charge in [-0.2, -0.15) is 0 Å². The number of aliphatic hydroxyl groups excluding tert-OH is 2. The molecule has 0 aliphatic carbocycles. The molecule has 2 unspecified atom stereocenters. The number of unbranched alkanes of at least 4 members (excludes halogenated alkanes) is 43. The first-order valence-corrected chi connectivity index (χ1v) is 32.4. The fourth-order valence-corrected chi connectivity index (χ4v) is 9.84. The van der Waals surface area contributed by atoms with Crippen molar-refractivity contribution in [2.45, 2.75) is 353 Å². The van der Waals surface area contributed by atoms with Crippen LogP contribution in [-0.4, -0.2) is 47.4 Å². The van der Waals surface area contributed by atoms with E-state index >= 15 is 0 Å². The van der Waals surface area contributed by atoms with Crippen LogP contribution in [0.1, 0.15) is 341 Å². The van der Waals surface area contributed by atoms with Gasteiger partial charge in [0.1, 0.15) is 0 Å². The lowest BCUT2D eigenvalue weighted by Gasteiger charge is -2.20. The van der Waals surface area contributed by atoms with E-state index in [1.165, 1.54) is 263 Å². The molecule has 0 fully saturated rings. The van der Waals surface area contributed by atoms with Gasteiger partial charge < -0.3 is 20.3 Å². The summed E-state index contributed by atoms with van der Waals surface area (Å²) in [6.07, 6.45) is 80.2. The number of hydrogen-bond donors (Lipinski definition) is 3. The maximum absolute atomic E-state index is 12.4. The van der Waals surface area contributed by atoms with Crippen molar-refractivity contribution < 1.29 is 24.5 Å². The van der Waals surface area contributed by atoms with E-state index in [4.69, 9.17) is 4.74 Å². The molecule has 2 atom stereocenters. The van der Waals surface area contributed by atoms with E-state index in [9.17, 15) is 19.8 Å². The Labute approximate surface area is 455 Å². The molecule has 0 saturated carbocycles. The quantitative estimate of drug-likeness (QED) is 0.0320. The third kappa shape index (κ3) is 58.9. The summed E-state index contributed by atoms with van der Waals surface area (Å²) in [5.41, 5.74) is 0. The van der Waals surface area contributed by atoms with E-state index in [0.717, 1.165) is 51.4 Å². The second-order valence-corrected chi connectivity index (χ2v) is 22.1. The number of carbonyl (C=O) groups excluding carboxylic acids is 2. The van der Waals surface area contributed by atoms with Crippen molar-refractivity contribution in [3.8, 4) is 0 Å². The monoisotopic (exact) mass is 1020 g/mol. The lowest BCUT2D eigenvalue weighted by Crippen LogP contribution is -2.45. The molecule has 0 heterocycles. The highest BCUT2D eigenvalue weighted by molar-refractivity contribution is 5.76. The number of rotatable bonds is 60. The van der Waals surface area contributed by atoms with Gasteiger partial charge in [-0.1, -0.05) is 287 Å². The molecule has 428 valence electrons. The second-order valence-electron chi connectivity index (χ2n) is 22.1. The van der Waals surface area contributed by atoms with Gasteiger partial charge in [-0.15, -0.1) is 0 Å². The Morgan fingerprint density at radius 3 is 1.08 bits per heavy atom. The Bertz CT molecular complexity index is 1230. The molecular weight excluding hydrogens is 899 g/mol. The summed E-state index contributed by atoms with van der Waals surface area (Å²) < 4.78 is 5.50. The number of ether oxygens (including phenoxy) is 1. The molecule has 6 heteroatoms.